The lowest BCUT2D eigenvalue weighted by Crippen LogP contribution is -2.51. The predicted molar refractivity (Wildman–Crippen MR) is 111 cm³/mol. The molecule has 5 heteroatoms. The van der Waals surface area contributed by atoms with Crippen LogP contribution < -0.4 is 10.6 Å². The molecule has 26 heavy (non-hydrogen) atoms. The number of nitrogens with one attached hydrogen (secondary N) is 2. The number of hydrogen-bond donors (Lipinski definition) is 2. The third-order valence-electron chi connectivity index (χ3n) is 6.54. The number of aliphatic imine (C=N–C) groups is 1. The van der Waals surface area contributed by atoms with Gasteiger partial charge in [0.15, 0.2) is 5.96 Å². The van der Waals surface area contributed by atoms with Crippen LogP contribution in [0, 0.1) is 5.92 Å². The zero-order chi connectivity index (χ0) is 18.2. The molecule has 3 rings (SSSR count). The van der Waals surface area contributed by atoms with Crippen LogP contribution in [0.3, 0.4) is 0 Å². The van der Waals surface area contributed by atoms with Gasteiger partial charge in [-0.15, -0.1) is 0 Å². The van der Waals surface area contributed by atoms with Gasteiger partial charge in [-0.05, 0) is 65.0 Å². The molecule has 0 aromatic heterocycles. The van der Waals surface area contributed by atoms with E-state index in [9.17, 15) is 0 Å². The number of hydrogen-bond acceptors (Lipinski definition) is 3. The van der Waals surface area contributed by atoms with Crippen LogP contribution in [0.4, 0.5) is 0 Å². The summed E-state index contributed by atoms with van der Waals surface area (Å²) in [5.74, 6) is 1.76. The van der Waals surface area contributed by atoms with Crippen LogP contribution >= 0.6 is 0 Å². The normalized spacial score (nSPS) is 28.2. The lowest BCUT2D eigenvalue weighted by Gasteiger charge is -2.39. The maximum Gasteiger partial charge on any atom is 0.191 e. The van der Waals surface area contributed by atoms with Crippen molar-refractivity contribution in [3.8, 4) is 0 Å². The Kier molecular flexibility index (Phi) is 8.06. The maximum atomic E-state index is 4.93. The van der Waals surface area contributed by atoms with E-state index >= 15 is 0 Å². The second-order valence-electron chi connectivity index (χ2n) is 8.74. The van der Waals surface area contributed by atoms with E-state index in [1.54, 1.807) is 0 Å². The van der Waals surface area contributed by atoms with Crippen molar-refractivity contribution in [2.45, 2.75) is 76.8 Å². The summed E-state index contributed by atoms with van der Waals surface area (Å²) in [6.07, 6.45) is 12.4. The quantitative estimate of drug-likeness (QED) is 0.582. The third-order valence-corrected chi connectivity index (χ3v) is 6.54. The minimum absolute atomic E-state index is 0.585. The van der Waals surface area contributed by atoms with E-state index in [0.717, 1.165) is 31.0 Å². The molecule has 2 aliphatic heterocycles. The van der Waals surface area contributed by atoms with E-state index in [-0.39, 0.29) is 0 Å². The molecular weight excluding hydrogens is 322 g/mol. The minimum atomic E-state index is 0.585. The van der Waals surface area contributed by atoms with Gasteiger partial charge in [-0.2, -0.15) is 0 Å². The lowest BCUT2D eigenvalue weighted by molar-refractivity contribution is 0.119. The monoisotopic (exact) mass is 363 g/mol. The Bertz CT molecular complexity index is 424. The summed E-state index contributed by atoms with van der Waals surface area (Å²) in [5.41, 5.74) is 0. The molecule has 0 aromatic carbocycles. The van der Waals surface area contributed by atoms with Gasteiger partial charge >= 0.3 is 0 Å². The van der Waals surface area contributed by atoms with Crippen molar-refractivity contribution in [2.24, 2.45) is 10.9 Å². The molecule has 0 bridgehead atoms. The molecule has 1 atom stereocenters. The molecule has 2 heterocycles. The molecule has 2 saturated heterocycles. The molecule has 0 spiro atoms. The summed E-state index contributed by atoms with van der Waals surface area (Å²) in [6.45, 7) is 9.03. The Balaban J connectivity index is 1.43. The van der Waals surface area contributed by atoms with Crippen molar-refractivity contribution < 1.29 is 0 Å². The van der Waals surface area contributed by atoms with E-state index in [4.69, 9.17) is 4.99 Å². The SMILES string of the molecule is CCNC(=NCC1CCCN(C)C1)NC1CCN(C2CCCCC2)CC1. The Labute approximate surface area is 161 Å². The van der Waals surface area contributed by atoms with Gasteiger partial charge in [0.2, 0.25) is 0 Å². The van der Waals surface area contributed by atoms with Crippen LogP contribution in [0.5, 0.6) is 0 Å². The first-order chi connectivity index (χ1) is 12.7. The summed E-state index contributed by atoms with van der Waals surface area (Å²) >= 11 is 0. The Hall–Kier alpha value is -0.810. The van der Waals surface area contributed by atoms with Crippen LogP contribution in [-0.4, -0.2) is 74.2 Å². The minimum Gasteiger partial charge on any atom is -0.357 e. The Morgan fingerprint density at radius 1 is 0.962 bits per heavy atom. The maximum absolute atomic E-state index is 4.93. The van der Waals surface area contributed by atoms with Crippen LogP contribution in [-0.2, 0) is 0 Å². The van der Waals surface area contributed by atoms with E-state index in [1.807, 2.05) is 0 Å². The summed E-state index contributed by atoms with van der Waals surface area (Å²) in [7, 11) is 2.24. The van der Waals surface area contributed by atoms with Gasteiger partial charge in [-0.1, -0.05) is 19.3 Å². The van der Waals surface area contributed by atoms with Gasteiger partial charge < -0.3 is 20.4 Å². The first-order valence-electron chi connectivity index (χ1n) is 11.2. The van der Waals surface area contributed by atoms with Crippen LogP contribution in [0.15, 0.2) is 4.99 Å². The van der Waals surface area contributed by atoms with E-state index in [0.29, 0.717) is 6.04 Å². The van der Waals surface area contributed by atoms with E-state index in [1.165, 1.54) is 84.0 Å². The molecule has 5 nitrogen and oxygen atoms in total. The largest absolute Gasteiger partial charge is 0.357 e. The molecule has 1 unspecified atom stereocenters. The predicted octanol–water partition coefficient (Wildman–Crippen LogP) is 2.68. The van der Waals surface area contributed by atoms with Gasteiger partial charge in [0.05, 0.1) is 0 Å². The summed E-state index contributed by atoms with van der Waals surface area (Å²) in [4.78, 5) is 10.1. The zero-order valence-electron chi connectivity index (χ0n) is 17.2. The topological polar surface area (TPSA) is 42.9 Å². The molecule has 0 radical (unpaired) electrons. The average Bonchev–Trinajstić information content (AvgIpc) is 2.68. The fourth-order valence-electron chi connectivity index (χ4n) is 5.01. The lowest BCUT2D eigenvalue weighted by atomic mass is 9.92. The highest BCUT2D eigenvalue weighted by Gasteiger charge is 2.26. The highest BCUT2D eigenvalue weighted by Crippen LogP contribution is 2.25. The van der Waals surface area contributed by atoms with E-state index < -0.39 is 0 Å². The highest BCUT2D eigenvalue weighted by atomic mass is 15.2. The van der Waals surface area contributed by atoms with Crippen LogP contribution in [0.1, 0.15) is 64.7 Å². The smallest absolute Gasteiger partial charge is 0.191 e. The van der Waals surface area contributed by atoms with Gasteiger partial charge in [-0.3, -0.25) is 4.99 Å². The summed E-state index contributed by atoms with van der Waals surface area (Å²) in [5, 5.41) is 7.20. The molecule has 1 saturated carbocycles. The average molecular weight is 364 g/mol. The summed E-state index contributed by atoms with van der Waals surface area (Å²) in [6, 6.07) is 1.46. The number of nitrogens with zero attached hydrogens (tertiary/aromatic N) is 3. The van der Waals surface area contributed by atoms with Gasteiger partial charge in [0.1, 0.15) is 0 Å². The van der Waals surface area contributed by atoms with Crippen molar-refractivity contribution in [3.63, 3.8) is 0 Å². The number of likely N-dealkylation sites (tertiary alicyclic amines) is 2. The first-order valence-corrected chi connectivity index (χ1v) is 11.2. The second-order valence-corrected chi connectivity index (χ2v) is 8.74. The number of rotatable bonds is 5. The van der Waals surface area contributed by atoms with Crippen molar-refractivity contribution in [3.05, 3.63) is 0 Å². The van der Waals surface area contributed by atoms with Crippen molar-refractivity contribution in [1.82, 2.24) is 20.4 Å². The first kappa shape index (κ1) is 19.9. The van der Waals surface area contributed by atoms with Crippen LogP contribution in [0.25, 0.3) is 0 Å². The van der Waals surface area contributed by atoms with Crippen molar-refractivity contribution in [2.75, 3.05) is 46.3 Å². The molecule has 0 amide bonds. The second kappa shape index (κ2) is 10.5. The van der Waals surface area contributed by atoms with E-state index in [2.05, 4.69) is 34.4 Å². The standard InChI is InChI=1S/C21H41N5/c1-3-22-21(23-16-18-8-7-13-25(2)17-18)24-19-11-14-26(15-12-19)20-9-5-4-6-10-20/h18-20H,3-17H2,1-2H3,(H2,22,23,24). The van der Waals surface area contributed by atoms with Crippen molar-refractivity contribution in [1.29, 1.82) is 0 Å². The van der Waals surface area contributed by atoms with Crippen LogP contribution in [0.2, 0.25) is 0 Å². The van der Waals surface area contributed by atoms with Crippen molar-refractivity contribution >= 4 is 5.96 Å². The molecule has 0 aromatic rings. The Morgan fingerprint density at radius 3 is 2.42 bits per heavy atom. The summed E-state index contributed by atoms with van der Waals surface area (Å²) < 4.78 is 0. The molecule has 3 aliphatic rings. The Morgan fingerprint density at radius 2 is 1.73 bits per heavy atom. The molecule has 1 aliphatic carbocycles. The molecule has 150 valence electrons. The highest BCUT2D eigenvalue weighted by molar-refractivity contribution is 5.80. The van der Waals surface area contributed by atoms with Gasteiger partial charge in [0.25, 0.3) is 0 Å². The molecule has 2 N–H and O–H groups in total. The van der Waals surface area contributed by atoms with Gasteiger partial charge in [0, 0.05) is 44.8 Å². The zero-order valence-corrected chi connectivity index (χ0v) is 17.2. The molecule has 3 fully saturated rings. The third kappa shape index (κ3) is 6.12. The number of guanidine groups is 1. The number of piperidine rings is 2. The molecular formula is C21H41N5. The fourth-order valence-corrected chi connectivity index (χ4v) is 5.01. The fraction of sp³-hybridized carbons (Fsp3) is 0.952. The van der Waals surface area contributed by atoms with Gasteiger partial charge in [-0.25, -0.2) is 0 Å².